The van der Waals surface area contributed by atoms with Gasteiger partial charge in [-0.1, -0.05) is 12.2 Å². The molecule has 62 valence electrons. The zero-order chi connectivity index (χ0) is 8.65. The first-order valence-corrected chi connectivity index (χ1v) is 3.81. The summed E-state index contributed by atoms with van der Waals surface area (Å²) in [5.41, 5.74) is 0.638. The van der Waals surface area contributed by atoms with Gasteiger partial charge in [0.15, 0.2) is 0 Å². The predicted octanol–water partition coefficient (Wildman–Crippen LogP) is 1.90. The number of hydrogen-bond donors (Lipinski definition) is 0. The van der Waals surface area contributed by atoms with Gasteiger partial charge >= 0.3 is 5.97 Å². The van der Waals surface area contributed by atoms with Gasteiger partial charge in [0.25, 0.3) is 0 Å². The lowest BCUT2D eigenvalue weighted by Crippen LogP contribution is -2.24. The van der Waals surface area contributed by atoms with Crippen molar-refractivity contribution < 1.29 is 9.53 Å². The van der Waals surface area contributed by atoms with Crippen molar-refractivity contribution in [3.8, 4) is 0 Å². The Morgan fingerprint density at radius 1 is 1.64 bits per heavy atom. The first-order valence-electron chi connectivity index (χ1n) is 3.81. The Balaban J connectivity index is 2.39. The van der Waals surface area contributed by atoms with E-state index in [1.807, 2.05) is 20.8 Å². The molecule has 2 nitrogen and oxygen atoms in total. The van der Waals surface area contributed by atoms with Crippen molar-refractivity contribution in [1.29, 1.82) is 0 Å². The van der Waals surface area contributed by atoms with E-state index >= 15 is 0 Å². The van der Waals surface area contributed by atoms with Crippen LogP contribution in [0.25, 0.3) is 0 Å². The van der Waals surface area contributed by atoms with Crippen LogP contribution in [0.1, 0.15) is 27.2 Å². The number of carbonyl (C=O) groups is 1. The summed E-state index contributed by atoms with van der Waals surface area (Å²) in [5, 5.41) is 0. The predicted molar refractivity (Wildman–Crippen MR) is 43.1 cm³/mol. The van der Waals surface area contributed by atoms with Crippen LogP contribution in [0.4, 0.5) is 0 Å². The van der Waals surface area contributed by atoms with Crippen LogP contribution in [0.15, 0.2) is 12.2 Å². The molecule has 0 heterocycles. The SMILES string of the molecule is C=C1CC1C(=O)OC(C)(C)C. The highest BCUT2D eigenvalue weighted by molar-refractivity contribution is 5.81. The van der Waals surface area contributed by atoms with Crippen molar-refractivity contribution >= 4 is 5.97 Å². The molecule has 0 aromatic heterocycles. The maximum absolute atomic E-state index is 11.1. The summed E-state index contributed by atoms with van der Waals surface area (Å²) in [4.78, 5) is 11.1. The van der Waals surface area contributed by atoms with Crippen LogP contribution in [-0.2, 0) is 9.53 Å². The zero-order valence-electron chi connectivity index (χ0n) is 7.31. The van der Waals surface area contributed by atoms with Gasteiger partial charge in [0.05, 0.1) is 5.92 Å². The second-order valence-corrected chi connectivity index (χ2v) is 3.95. The molecule has 0 bridgehead atoms. The van der Waals surface area contributed by atoms with E-state index in [9.17, 15) is 4.79 Å². The third kappa shape index (κ3) is 2.37. The van der Waals surface area contributed by atoms with E-state index in [-0.39, 0.29) is 17.5 Å². The van der Waals surface area contributed by atoms with Crippen LogP contribution in [0.2, 0.25) is 0 Å². The largest absolute Gasteiger partial charge is 0.459 e. The fraction of sp³-hybridized carbons (Fsp3) is 0.667. The summed E-state index contributed by atoms with van der Waals surface area (Å²) in [7, 11) is 0. The fourth-order valence-corrected chi connectivity index (χ4v) is 0.826. The van der Waals surface area contributed by atoms with Gasteiger partial charge in [-0.05, 0) is 27.2 Å². The number of esters is 1. The van der Waals surface area contributed by atoms with Crippen LogP contribution in [0, 0.1) is 5.92 Å². The van der Waals surface area contributed by atoms with Gasteiger partial charge < -0.3 is 4.74 Å². The normalized spacial score (nSPS) is 23.2. The lowest BCUT2D eigenvalue weighted by atomic mass is 10.2. The molecule has 1 aliphatic rings. The molecule has 0 saturated heterocycles. The minimum atomic E-state index is -0.361. The van der Waals surface area contributed by atoms with Crippen LogP contribution >= 0.6 is 0 Å². The summed E-state index contributed by atoms with van der Waals surface area (Å²) in [6.45, 7) is 9.31. The molecule has 1 aliphatic carbocycles. The van der Waals surface area contributed by atoms with Gasteiger partial charge in [-0.15, -0.1) is 0 Å². The Labute approximate surface area is 67.2 Å². The molecular weight excluding hydrogens is 140 g/mol. The number of carbonyl (C=O) groups excluding carboxylic acids is 1. The first-order chi connectivity index (χ1) is 4.90. The topological polar surface area (TPSA) is 26.3 Å². The average molecular weight is 154 g/mol. The third-order valence-electron chi connectivity index (χ3n) is 1.49. The summed E-state index contributed by atoms with van der Waals surface area (Å²) >= 11 is 0. The molecule has 0 N–H and O–H groups in total. The van der Waals surface area contributed by atoms with Gasteiger partial charge in [0.2, 0.25) is 0 Å². The molecule has 0 aromatic carbocycles. The Kier molecular flexibility index (Phi) is 1.78. The van der Waals surface area contributed by atoms with Crippen molar-refractivity contribution in [2.24, 2.45) is 5.92 Å². The lowest BCUT2D eigenvalue weighted by molar-refractivity contribution is -0.155. The van der Waals surface area contributed by atoms with Crippen LogP contribution in [0.5, 0.6) is 0 Å². The Hall–Kier alpha value is -0.790. The molecule has 1 saturated carbocycles. The van der Waals surface area contributed by atoms with E-state index in [1.165, 1.54) is 0 Å². The zero-order valence-corrected chi connectivity index (χ0v) is 7.31. The second kappa shape index (κ2) is 2.36. The van der Waals surface area contributed by atoms with E-state index in [1.54, 1.807) is 0 Å². The van der Waals surface area contributed by atoms with Crippen LogP contribution < -0.4 is 0 Å². The maximum Gasteiger partial charge on any atom is 0.313 e. The molecule has 0 spiro atoms. The molecule has 1 unspecified atom stereocenters. The van der Waals surface area contributed by atoms with Crippen molar-refractivity contribution in [2.45, 2.75) is 32.8 Å². The number of hydrogen-bond acceptors (Lipinski definition) is 2. The molecule has 1 atom stereocenters. The van der Waals surface area contributed by atoms with E-state index in [2.05, 4.69) is 6.58 Å². The molecule has 0 aromatic rings. The van der Waals surface area contributed by atoms with Gasteiger partial charge in [0.1, 0.15) is 5.60 Å². The van der Waals surface area contributed by atoms with Crippen LogP contribution in [-0.4, -0.2) is 11.6 Å². The molecule has 0 aliphatic heterocycles. The smallest absolute Gasteiger partial charge is 0.313 e. The Bertz CT molecular complexity index is 198. The highest BCUT2D eigenvalue weighted by Crippen LogP contribution is 2.37. The number of rotatable bonds is 1. The van der Waals surface area contributed by atoms with Gasteiger partial charge in [0, 0.05) is 0 Å². The van der Waals surface area contributed by atoms with E-state index in [0.717, 1.165) is 12.0 Å². The van der Waals surface area contributed by atoms with Crippen molar-refractivity contribution in [3.05, 3.63) is 12.2 Å². The van der Waals surface area contributed by atoms with Gasteiger partial charge in [-0.2, -0.15) is 0 Å². The molecule has 1 rings (SSSR count). The van der Waals surface area contributed by atoms with Crippen molar-refractivity contribution in [2.75, 3.05) is 0 Å². The van der Waals surface area contributed by atoms with E-state index < -0.39 is 0 Å². The molecule has 11 heavy (non-hydrogen) atoms. The van der Waals surface area contributed by atoms with Gasteiger partial charge in [-0.25, -0.2) is 0 Å². The molecule has 0 radical (unpaired) electrons. The standard InChI is InChI=1S/C9H14O2/c1-6-5-7(6)8(10)11-9(2,3)4/h7H,1,5H2,2-4H3. The summed E-state index contributed by atoms with van der Waals surface area (Å²) in [6.07, 6.45) is 0.814. The van der Waals surface area contributed by atoms with Crippen molar-refractivity contribution in [1.82, 2.24) is 0 Å². The molecule has 1 fully saturated rings. The fourth-order valence-electron chi connectivity index (χ4n) is 0.826. The van der Waals surface area contributed by atoms with E-state index in [0.29, 0.717) is 0 Å². The molecule has 2 heteroatoms. The second-order valence-electron chi connectivity index (χ2n) is 3.95. The quantitative estimate of drug-likeness (QED) is 0.426. The average Bonchev–Trinajstić information content (AvgIpc) is 2.41. The minimum absolute atomic E-state index is 0.00535. The first kappa shape index (κ1) is 8.31. The monoisotopic (exact) mass is 154 g/mol. The van der Waals surface area contributed by atoms with Crippen molar-refractivity contribution in [3.63, 3.8) is 0 Å². The highest BCUT2D eigenvalue weighted by atomic mass is 16.6. The summed E-state index contributed by atoms with van der Waals surface area (Å²) in [5.74, 6) is -0.128. The molecular formula is C9H14O2. The van der Waals surface area contributed by atoms with Crippen LogP contribution in [0.3, 0.4) is 0 Å². The Morgan fingerprint density at radius 3 is 2.36 bits per heavy atom. The summed E-state index contributed by atoms with van der Waals surface area (Å²) < 4.78 is 5.13. The van der Waals surface area contributed by atoms with Gasteiger partial charge in [-0.3, -0.25) is 4.79 Å². The van der Waals surface area contributed by atoms with E-state index in [4.69, 9.17) is 4.74 Å². The number of ether oxygens (including phenoxy) is 1. The summed E-state index contributed by atoms with van der Waals surface area (Å²) in [6, 6.07) is 0. The lowest BCUT2D eigenvalue weighted by Gasteiger charge is -2.18. The minimum Gasteiger partial charge on any atom is -0.459 e. The third-order valence-corrected chi connectivity index (χ3v) is 1.49. The maximum atomic E-state index is 11.1. The molecule has 0 amide bonds. The Morgan fingerprint density at radius 2 is 2.09 bits per heavy atom. The highest BCUT2D eigenvalue weighted by Gasteiger charge is 2.37.